The average molecular weight is 451 g/mol. The van der Waals surface area contributed by atoms with Crippen LogP contribution in [0.5, 0.6) is 0 Å². The van der Waals surface area contributed by atoms with E-state index in [1.165, 1.54) is 22.3 Å². The monoisotopic (exact) mass is 450 g/mol. The largest absolute Gasteiger partial charge is 0.475 e. The quantitative estimate of drug-likeness (QED) is 0.319. The SMILES string of the molecule is CCc1ccccc1CCOP(=O)(OCCc1ccccc1)OC1Cc2ccccc2C1. The van der Waals surface area contributed by atoms with Crippen molar-refractivity contribution in [1.29, 1.82) is 0 Å². The summed E-state index contributed by atoms with van der Waals surface area (Å²) in [4.78, 5) is 0. The third-order valence-corrected chi connectivity index (χ3v) is 7.45. The molecule has 0 aromatic heterocycles. The van der Waals surface area contributed by atoms with Crippen LogP contribution in [0.2, 0.25) is 0 Å². The van der Waals surface area contributed by atoms with Crippen LogP contribution < -0.4 is 0 Å². The van der Waals surface area contributed by atoms with Crippen LogP contribution >= 0.6 is 7.82 Å². The zero-order chi connectivity index (χ0) is 22.2. The van der Waals surface area contributed by atoms with Gasteiger partial charge in [0.15, 0.2) is 0 Å². The van der Waals surface area contributed by atoms with Crippen LogP contribution in [0, 0.1) is 0 Å². The standard InChI is InChI=1S/C27H31O4P/c1-2-23-12-6-7-13-24(23)17-19-30-32(28,29-18-16-22-10-4-3-5-11-22)31-27-20-25-14-8-9-15-26(25)21-27/h3-15,27H,2,16-21H2,1H3. The highest BCUT2D eigenvalue weighted by molar-refractivity contribution is 7.48. The number of phosphoric acid groups is 1. The second-order valence-electron chi connectivity index (χ2n) is 8.13. The van der Waals surface area contributed by atoms with Crippen LogP contribution in [-0.4, -0.2) is 19.3 Å². The first-order chi connectivity index (χ1) is 15.6. The van der Waals surface area contributed by atoms with Crippen LogP contribution in [0.15, 0.2) is 78.9 Å². The minimum Gasteiger partial charge on any atom is -0.287 e. The summed E-state index contributed by atoms with van der Waals surface area (Å²) in [6.45, 7) is 2.71. The maximum atomic E-state index is 13.6. The molecule has 1 aliphatic rings. The summed E-state index contributed by atoms with van der Waals surface area (Å²) in [5.41, 5.74) is 6.10. The molecule has 0 heterocycles. The summed E-state index contributed by atoms with van der Waals surface area (Å²) >= 11 is 0. The van der Waals surface area contributed by atoms with E-state index in [1.807, 2.05) is 54.6 Å². The molecule has 4 rings (SSSR count). The predicted octanol–water partition coefficient (Wildman–Crippen LogP) is 6.36. The number of benzene rings is 3. The first kappa shape index (κ1) is 22.9. The van der Waals surface area contributed by atoms with Gasteiger partial charge >= 0.3 is 7.82 Å². The lowest BCUT2D eigenvalue weighted by Crippen LogP contribution is -2.15. The van der Waals surface area contributed by atoms with Gasteiger partial charge in [-0.05, 0) is 59.9 Å². The van der Waals surface area contributed by atoms with E-state index < -0.39 is 7.82 Å². The Morgan fingerprint density at radius 2 is 1.31 bits per heavy atom. The van der Waals surface area contributed by atoms with Crippen molar-refractivity contribution in [2.45, 2.75) is 45.1 Å². The number of hydrogen-bond acceptors (Lipinski definition) is 4. The second-order valence-corrected chi connectivity index (χ2v) is 9.75. The summed E-state index contributed by atoms with van der Waals surface area (Å²) in [7, 11) is -3.69. The smallest absolute Gasteiger partial charge is 0.287 e. The van der Waals surface area contributed by atoms with E-state index in [1.54, 1.807) is 0 Å². The van der Waals surface area contributed by atoms with Crippen molar-refractivity contribution in [2.24, 2.45) is 0 Å². The fourth-order valence-electron chi connectivity index (χ4n) is 4.21. The Kier molecular flexibility index (Phi) is 7.94. The highest BCUT2D eigenvalue weighted by atomic mass is 31.2. The number of hydrogen-bond donors (Lipinski definition) is 0. The molecule has 0 radical (unpaired) electrons. The first-order valence-electron chi connectivity index (χ1n) is 11.4. The van der Waals surface area contributed by atoms with Gasteiger partial charge in [-0.25, -0.2) is 4.57 Å². The maximum Gasteiger partial charge on any atom is 0.475 e. The van der Waals surface area contributed by atoms with Gasteiger partial charge in [0.1, 0.15) is 0 Å². The van der Waals surface area contributed by atoms with Crippen molar-refractivity contribution in [1.82, 2.24) is 0 Å². The van der Waals surface area contributed by atoms with E-state index in [4.69, 9.17) is 13.6 Å². The van der Waals surface area contributed by atoms with E-state index in [9.17, 15) is 4.57 Å². The van der Waals surface area contributed by atoms with E-state index in [-0.39, 0.29) is 12.7 Å². The second kappa shape index (κ2) is 11.1. The molecule has 4 nitrogen and oxygen atoms in total. The van der Waals surface area contributed by atoms with Crippen LogP contribution in [-0.2, 0) is 50.2 Å². The minimum atomic E-state index is -3.69. The van der Waals surface area contributed by atoms with Gasteiger partial charge in [0.05, 0.1) is 19.3 Å². The molecule has 0 saturated heterocycles. The fourth-order valence-corrected chi connectivity index (χ4v) is 5.55. The zero-order valence-corrected chi connectivity index (χ0v) is 19.5. The molecular weight excluding hydrogens is 419 g/mol. The molecule has 1 atom stereocenters. The highest BCUT2D eigenvalue weighted by Crippen LogP contribution is 2.52. The van der Waals surface area contributed by atoms with Crippen molar-refractivity contribution in [2.75, 3.05) is 13.2 Å². The summed E-state index contributed by atoms with van der Waals surface area (Å²) < 4.78 is 31.3. The van der Waals surface area contributed by atoms with E-state index >= 15 is 0 Å². The van der Waals surface area contributed by atoms with Crippen LogP contribution in [0.25, 0.3) is 0 Å². The number of phosphoric ester groups is 1. The molecule has 0 fully saturated rings. The molecule has 0 saturated carbocycles. The lowest BCUT2D eigenvalue weighted by atomic mass is 10.0. The van der Waals surface area contributed by atoms with Gasteiger partial charge in [0, 0.05) is 0 Å². The van der Waals surface area contributed by atoms with Gasteiger partial charge < -0.3 is 0 Å². The fraction of sp³-hybridized carbons (Fsp3) is 0.333. The van der Waals surface area contributed by atoms with E-state index in [0.29, 0.717) is 19.4 Å². The van der Waals surface area contributed by atoms with Gasteiger partial charge in [-0.1, -0.05) is 85.8 Å². The van der Waals surface area contributed by atoms with Gasteiger partial charge in [0.25, 0.3) is 0 Å². The number of rotatable bonds is 11. The molecular formula is C27H31O4P. The topological polar surface area (TPSA) is 44.8 Å². The van der Waals surface area contributed by atoms with Crippen LogP contribution in [0.1, 0.15) is 34.7 Å². The zero-order valence-electron chi connectivity index (χ0n) is 18.6. The maximum absolute atomic E-state index is 13.6. The lowest BCUT2D eigenvalue weighted by molar-refractivity contribution is 0.0828. The molecule has 0 amide bonds. The molecule has 0 aliphatic heterocycles. The Morgan fingerprint density at radius 3 is 1.97 bits per heavy atom. The number of aryl methyl sites for hydroxylation is 1. The summed E-state index contributed by atoms with van der Waals surface area (Å²) in [6.07, 6.45) is 3.54. The van der Waals surface area contributed by atoms with Crippen LogP contribution in [0.4, 0.5) is 0 Å². The van der Waals surface area contributed by atoms with Crippen molar-refractivity contribution >= 4 is 7.82 Å². The van der Waals surface area contributed by atoms with Gasteiger partial charge in [-0.2, -0.15) is 0 Å². The third kappa shape index (κ3) is 6.17. The Hall–Kier alpha value is -2.23. The Morgan fingerprint density at radius 1 is 0.750 bits per heavy atom. The van der Waals surface area contributed by atoms with Gasteiger partial charge in [-0.15, -0.1) is 0 Å². The molecule has 1 unspecified atom stereocenters. The third-order valence-electron chi connectivity index (χ3n) is 5.89. The van der Waals surface area contributed by atoms with Crippen molar-refractivity contribution in [3.05, 3.63) is 107 Å². The van der Waals surface area contributed by atoms with Gasteiger partial charge in [0.2, 0.25) is 0 Å². The molecule has 0 spiro atoms. The predicted molar refractivity (Wildman–Crippen MR) is 128 cm³/mol. The molecule has 0 bridgehead atoms. The highest BCUT2D eigenvalue weighted by Gasteiger charge is 2.34. The van der Waals surface area contributed by atoms with Gasteiger partial charge in [-0.3, -0.25) is 13.6 Å². The molecule has 5 heteroatoms. The lowest BCUT2D eigenvalue weighted by Gasteiger charge is -2.22. The van der Waals surface area contributed by atoms with E-state index in [0.717, 1.165) is 24.8 Å². The Balaban J connectivity index is 1.39. The summed E-state index contributed by atoms with van der Waals surface area (Å²) in [5.74, 6) is 0. The molecule has 32 heavy (non-hydrogen) atoms. The summed E-state index contributed by atoms with van der Waals surface area (Å²) in [6, 6.07) is 26.6. The Labute approximate surface area is 191 Å². The minimum absolute atomic E-state index is 0.196. The van der Waals surface area contributed by atoms with Crippen molar-refractivity contribution < 1.29 is 18.1 Å². The van der Waals surface area contributed by atoms with Crippen LogP contribution in [0.3, 0.4) is 0 Å². The molecule has 0 N–H and O–H groups in total. The van der Waals surface area contributed by atoms with E-state index in [2.05, 4.69) is 31.2 Å². The molecule has 168 valence electrons. The normalized spacial score (nSPS) is 15.4. The molecule has 3 aromatic carbocycles. The van der Waals surface area contributed by atoms with Crippen molar-refractivity contribution in [3.8, 4) is 0 Å². The first-order valence-corrected chi connectivity index (χ1v) is 12.9. The summed E-state index contributed by atoms with van der Waals surface area (Å²) in [5, 5.41) is 0. The van der Waals surface area contributed by atoms with Crippen molar-refractivity contribution in [3.63, 3.8) is 0 Å². The Bertz CT molecular complexity index is 1030. The average Bonchev–Trinajstić information content (AvgIpc) is 3.22. The number of fused-ring (bicyclic) bond motifs is 1. The molecule has 3 aromatic rings. The molecule has 1 aliphatic carbocycles.